The van der Waals surface area contributed by atoms with Gasteiger partial charge in [0.2, 0.25) is 5.91 Å². The van der Waals surface area contributed by atoms with Crippen LogP contribution >= 0.6 is 0 Å². The molecule has 0 aromatic heterocycles. The molecule has 2 rings (SSSR count). The summed E-state index contributed by atoms with van der Waals surface area (Å²) in [6.45, 7) is 0. The van der Waals surface area contributed by atoms with Crippen LogP contribution in [-0.2, 0) is 9.59 Å². The van der Waals surface area contributed by atoms with Crippen molar-refractivity contribution in [3.8, 4) is 0 Å². The lowest BCUT2D eigenvalue weighted by molar-refractivity contribution is -0.134. The second-order valence-corrected chi connectivity index (χ2v) is 3.34. The summed E-state index contributed by atoms with van der Waals surface area (Å²) in [5.41, 5.74) is 5.60. The summed E-state index contributed by atoms with van der Waals surface area (Å²) >= 11 is 0. The van der Waals surface area contributed by atoms with E-state index in [9.17, 15) is 9.59 Å². The van der Waals surface area contributed by atoms with E-state index in [2.05, 4.69) is 0 Å². The maximum Gasteiger partial charge on any atom is 0.335 e. The lowest BCUT2D eigenvalue weighted by atomic mass is 10.2. The second kappa shape index (κ2) is 2.48. The number of carbonyl (C=O) groups excluding carboxylic acids is 1. The predicted molar refractivity (Wildman–Crippen MR) is 43.3 cm³/mol. The fourth-order valence-corrected chi connectivity index (χ4v) is 1.52. The Kier molecular flexibility index (Phi) is 1.55. The molecule has 1 aliphatic carbocycles. The lowest BCUT2D eigenvalue weighted by Crippen LogP contribution is -2.31. The van der Waals surface area contributed by atoms with E-state index in [0.717, 1.165) is 12.8 Å². The van der Waals surface area contributed by atoms with Crippen molar-refractivity contribution in [1.82, 2.24) is 4.90 Å². The van der Waals surface area contributed by atoms with Crippen LogP contribution in [0.4, 0.5) is 0 Å². The molecule has 1 aliphatic heterocycles. The number of carboxylic acid groups (broad SMARTS) is 1. The highest BCUT2D eigenvalue weighted by molar-refractivity contribution is 5.99. The standard InChI is InChI=1S/C8H10N2O3/c9-7-5(8(12)13)3-6(11)10(7)4-1-2-4/h4H,1-3,9H2,(H,12,13). The van der Waals surface area contributed by atoms with Gasteiger partial charge in [-0.25, -0.2) is 4.79 Å². The minimum absolute atomic E-state index is 0.0388. The number of rotatable bonds is 2. The summed E-state index contributed by atoms with van der Waals surface area (Å²) in [7, 11) is 0. The van der Waals surface area contributed by atoms with E-state index in [4.69, 9.17) is 10.8 Å². The molecule has 0 bridgehead atoms. The number of nitrogens with zero attached hydrogens (tertiary/aromatic N) is 1. The average Bonchev–Trinajstić information content (AvgIpc) is 2.80. The van der Waals surface area contributed by atoms with E-state index >= 15 is 0 Å². The van der Waals surface area contributed by atoms with Gasteiger partial charge in [0.1, 0.15) is 5.82 Å². The average molecular weight is 182 g/mol. The summed E-state index contributed by atoms with van der Waals surface area (Å²) < 4.78 is 0. The zero-order valence-corrected chi connectivity index (χ0v) is 6.99. The van der Waals surface area contributed by atoms with Crippen LogP contribution in [0.25, 0.3) is 0 Å². The van der Waals surface area contributed by atoms with Gasteiger partial charge in [-0.1, -0.05) is 0 Å². The predicted octanol–water partition coefficient (Wildman–Crippen LogP) is -0.364. The molecule has 0 aromatic carbocycles. The Morgan fingerprint density at radius 2 is 2.15 bits per heavy atom. The molecule has 0 spiro atoms. The van der Waals surface area contributed by atoms with Crippen LogP contribution in [0, 0.1) is 0 Å². The number of nitrogens with two attached hydrogens (primary N) is 1. The number of amides is 1. The van der Waals surface area contributed by atoms with Gasteiger partial charge in [-0.15, -0.1) is 0 Å². The zero-order chi connectivity index (χ0) is 9.59. The third kappa shape index (κ3) is 1.16. The third-order valence-electron chi connectivity index (χ3n) is 2.34. The van der Waals surface area contributed by atoms with Gasteiger partial charge in [0.05, 0.1) is 12.0 Å². The van der Waals surface area contributed by atoms with E-state index in [0.29, 0.717) is 0 Å². The zero-order valence-electron chi connectivity index (χ0n) is 6.99. The summed E-state index contributed by atoms with van der Waals surface area (Å²) in [5, 5.41) is 8.70. The topological polar surface area (TPSA) is 83.6 Å². The molecule has 0 saturated heterocycles. The molecule has 2 aliphatic rings. The first-order valence-electron chi connectivity index (χ1n) is 4.15. The van der Waals surface area contributed by atoms with E-state index in [-0.39, 0.29) is 29.8 Å². The van der Waals surface area contributed by atoms with Crippen molar-refractivity contribution in [2.24, 2.45) is 5.73 Å². The Hall–Kier alpha value is -1.52. The maximum absolute atomic E-state index is 11.3. The molecule has 13 heavy (non-hydrogen) atoms. The summed E-state index contributed by atoms with van der Waals surface area (Å²) in [6.07, 6.45) is 1.80. The first-order chi connectivity index (χ1) is 6.11. The maximum atomic E-state index is 11.3. The van der Waals surface area contributed by atoms with E-state index in [1.807, 2.05) is 0 Å². The Morgan fingerprint density at radius 1 is 1.54 bits per heavy atom. The van der Waals surface area contributed by atoms with Crippen LogP contribution in [0.5, 0.6) is 0 Å². The molecule has 1 amide bonds. The van der Waals surface area contributed by atoms with Gasteiger partial charge in [-0.05, 0) is 12.8 Å². The van der Waals surface area contributed by atoms with Gasteiger partial charge in [-0.3, -0.25) is 9.69 Å². The molecule has 0 aromatic rings. The number of hydrogen-bond acceptors (Lipinski definition) is 3. The van der Waals surface area contributed by atoms with Gasteiger partial charge in [-0.2, -0.15) is 0 Å². The lowest BCUT2D eigenvalue weighted by Gasteiger charge is -2.15. The molecule has 1 saturated carbocycles. The molecular weight excluding hydrogens is 172 g/mol. The minimum atomic E-state index is -1.09. The molecular formula is C8H10N2O3. The highest BCUT2D eigenvalue weighted by atomic mass is 16.4. The van der Waals surface area contributed by atoms with Crippen molar-refractivity contribution in [3.05, 3.63) is 11.4 Å². The van der Waals surface area contributed by atoms with E-state index < -0.39 is 5.97 Å². The Labute approximate surface area is 74.8 Å². The van der Waals surface area contributed by atoms with E-state index in [1.165, 1.54) is 4.90 Å². The monoisotopic (exact) mass is 182 g/mol. The Morgan fingerprint density at radius 3 is 2.54 bits per heavy atom. The van der Waals surface area contributed by atoms with Crippen LogP contribution < -0.4 is 5.73 Å². The number of aliphatic carboxylic acids is 1. The molecule has 1 heterocycles. The van der Waals surface area contributed by atoms with E-state index in [1.54, 1.807) is 0 Å². The highest BCUT2D eigenvalue weighted by Crippen LogP contribution is 2.34. The number of carboxylic acids is 1. The molecule has 0 unspecified atom stereocenters. The normalized spacial score (nSPS) is 22.8. The molecule has 3 N–H and O–H groups in total. The van der Waals surface area contributed by atoms with Crippen molar-refractivity contribution >= 4 is 11.9 Å². The van der Waals surface area contributed by atoms with Crippen molar-refractivity contribution in [2.45, 2.75) is 25.3 Å². The molecule has 5 nitrogen and oxygen atoms in total. The first-order valence-corrected chi connectivity index (χ1v) is 4.15. The Balaban J connectivity index is 2.28. The van der Waals surface area contributed by atoms with Crippen molar-refractivity contribution in [3.63, 3.8) is 0 Å². The van der Waals surface area contributed by atoms with Crippen molar-refractivity contribution < 1.29 is 14.7 Å². The van der Waals surface area contributed by atoms with Gasteiger partial charge >= 0.3 is 5.97 Å². The third-order valence-corrected chi connectivity index (χ3v) is 2.34. The van der Waals surface area contributed by atoms with Gasteiger partial charge in [0.15, 0.2) is 0 Å². The van der Waals surface area contributed by atoms with Crippen LogP contribution in [0.15, 0.2) is 11.4 Å². The largest absolute Gasteiger partial charge is 0.478 e. The summed E-state index contributed by atoms with van der Waals surface area (Å²) in [6, 6.07) is 0.157. The molecule has 5 heteroatoms. The van der Waals surface area contributed by atoms with Gasteiger partial charge in [0.25, 0.3) is 0 Å². The number of carbonyl (C=O) groups is 2. The van der Waals surface area contributed by atoms with Crippen LogP contribution in [0.3, 0.4) is 0 Å². The number of hydrogen-bond donors (Lipinski definition) is 2. The first kappa shape index (κ1) is 8.10. The van der Waals surface area contributed by atoms with Crippen molar-refractivity contribution in [2.75, 3.05) is 0 Å². The molecule has 0 atom stereocenters. The molecule has 1 fully saturated rings. The second-order valence-electron chi connectivity index (χ2n) is 3.34. The van der Waals surface area contributed by atoms with Crippen molar-refractivity contribution in [1.29, 1.82) is 0 Å². The summed E-state index contributed by atoms with van der Waals surface area (Å²) in [4.78, 5) is 23.4. The smallest absolute Gasteiger partial charge is 0.335 e. The summed E-state index contributed by atoms with van der Waals surface area (Å²) in [5.74, 6) is -1.13. The Bertz CT molecular complexity index is 317. The SMILES string of the molecule is NC1=C(C(=O)O)CC(=O)N1C1CC1. The fraction of sp³-hybridized carbons (Fsp3) is 0.500. The van der Waals surface area contributed by atoms with Crippen LogP contribution in [0.2, 0.25) is 0 Å². The van der Waals surface area contributed by atoms with Gasteiger partial charge < -0.3 is 10.8 Å². The molecule has 70 valence electrons. The van der Waals surface area contributed by atoms with Crippen LogP contribution in [-0.4, -0.2) is 27.9 Å². The minimum Gasteiger partial charge on any atom is -0.478 e. The van der Waals surface area contributed by atoms with Gasteiger partial charge in [0, 0.05) is 6.04 Å². The fourth-order valence-electron chi connectivity index (χ4n) is 1.52. The molecule has 0 radical (unpaired) electrons. The quantitative estimate of drug-likeness (QED) is 0.610. The van der Waals surface area contributed by atoms with Crippen LogP contribution in [0.1, 0.15) is 19.3 Å². The highest BCUT2D eigenvalue weighted by Gasteiger charge is 2.41.